The number of nitrogens with zero attached hydrogens (tertiary/aromatic N) is 2. The van der Waals surface area contributed by atoms with Crippen molar-refractivity contribution in [3.63, 3.8) is 0 Å². The minimum absolute atomic E-state index is 0.0863. The monoisotopic (exact) mass is 222 g/mol. The summed E-state index contributed by atoms with van der Waals surface area (Å²) in [7, 11) is 0. The van der Waals surface area contributed by atoms with Crippen LogP contribution in [0.5, 0.6) is 5.75 Å². The van der Waals surface area contributed by atoms with Gasteiger partial charge in [0.2, 0.25) is 5.96 Å². The molecule has 0 aliphatic carbocycles. The Bertz CT molecular complexity index is 382. The molecule has 0 spiro atoms. The van der Waals surface area contributed by atoms with Crippen molar-refractivity contribution < 1.29 is 5.11 Å². The number of phenols is 1. The molecule has 0 aliphatic rings. The van der Waals surface area contributed by atoms with Crippen LogP contribution in [0.15, 0.2) is 28.4 Å². The van der Waals surface area contributed by atoms with E-state index in [0.717, 1.165) is 11.1 Å². The topological polar surface area (TPSA) is 97.0 Å². The molecule has 1 aromatic rings. The zero-order valence-corrected chi connectivity index (χ0v) is 9.81. The molecule has 0 aliphatic heterocycles. The highest BCUT2D eigenvalue weighted by Crippen LogP contribution is 2.15. The summed E-state index contributed by atoms with van der Waals surface area (Å²) in [6.07, 6.45) is 1.51. The fraction of sp³-hybridized carbons (Fsp3) is 0.273. The molecule has 0 bridgehead atoms. The Morgan fingerprint density at radius 3 is 2.44 bits per heavy atom. The van der Waals surface area contributed by atoms with Gasteiger partial charge in [-0.1, -0.05) is 13.8 Å². The maximum Gasteiger partial charge on any atom is 0.211 e. The first-order valence-corrected chi connectivity index (χ1v) is 5.01. The van der Waals surface area contributed by atoms with E-state index >= 15 is 0 Å². The SMILES string of the molecule is CC.Cc1cc(/C=N\N=C(N)N)ccc1O. The summed E-state index contributed by atoms with van der Waals surface area (Å²) >= 11 is 0. The molecule has 5 nitrogen and oxygen atoms in total. The lowest BCUT2D eigenvalue weighted by Crippen LogP contribution is -2.21. The summed E-state index contributed by atoms with van der Waals surface area (Å²) in [5.41, 5.74) is 11.8. The van der Waals surface area contributed by atoms with Crippen LogP contribution in [-0.2, 0) is 0 Å². The summed E-state index contributed by atoms with van der Waals surface area (Å²) in [4.78, 5) is 0. The van der Waals surface area contributed by atoms with E-state index in [1.165, 1.54) is 6.21 Å². The summed E-state index contributed by atoms with van der Waals surface area (Å²) in [5.74, 6) is 0.167. The Kier molecular flexibility index (Phi) is 6.35. The average Bonchev–Trinajstić information content (AvgIpc) is 2.26. The molecule has 1 aromatic carbocycles. The third-order valence-corrected chi connectivity index (χ3v) is 1.60. The standard InChI is InChI=1S/C9H12N4O.C2H6/c1-6-4-7(2-3-8(6)14)5-12-13-9(10)11;1-2/h2-5,14H,1H3,(H4,10,11,13);1-2H3/b12-5-;. The van der Waals surface area contributed by atoms with Gasteiger partial charge >= 0.3 is 0 Å². The second-order valence-corrected chi connectivity index (χ2v) is 2.82. The highest BCUT2D eigenvalue weighted by Gasteiger charge is 1.94. The van der Waals surface area contributed by atoms with Crippen molar-refractivity contribution in [2.24, 2.45) is 21.7 Å². The Hall–Kier alpha value is -2.04. The number of aryl methyl sites for hydroxylation is 1. The molecule has 16 heavy (non-hydrogen) atoms. The molecule has 5 N–H and O–H groups in total. The molecule has 0 unspecified atom stereocenters. The summed E-state index contributed by atoms with van der Waals surface area (Å²) < 4.78 is 0. The van der Waals surface area contributed by atoms with E-state index in [4.69, 9.17) is 11.5 Å². The third-order valence-electron chi connectivity index (χ3n) is 1.60. The number of hydrogen-bond donors (Lipinski definition) is 3. The van der Waals surface area contributed by atoms with Crippen LogP contribution >= 0.6 is 0 Å². The minimum Gasteiger partial charge on any atom is -0.508 e. The highest BCUT2D eigenvalue weighted by molar-refractivity contribution is 5.82. The Morgan fingerprint density at radius 2 is 1.94 bits per heavy atom. The van der Waals surface area contributed by atoms with Gasteiger partial charge in [0.25, 0.3) is 0 Å². The number of benzene rings is 1. The molecule has 0 heterocycles. The van der Waals surface area contributed by atoms with E-state index in [1.807, 2.05) is 13.8 Å². The third kappa shape index (κ3) is 4.99. The van der Waals surface area contributed by atoms with E-state index in [-0.39, 0.29) is 11.7 Å². The molecule has 0 fully saturated rings. The Morgan fingerprint density at radius 1 is 1.31 bits per heavy atom. The quantitative estimate of drug-likeness (QED) is 0.400. The molecular formula is C11H18N4O. The van der Waals surface area contributed by atoms with Crippen molar-refractivity contribution in [3.05, 3.63) is 29.3 Å². The average molecular weight is 222 g/mol. The van der Waals surface area contributed by atoms with Crippen molar-refractivity contribution in [2.75, 3.05) is 0 Å². The van der Waals surface area contributed by atoms with Crippen molar-refractivity contribution >= 4 is 12.2 Å². The molecule has 1 rings (SSSR count). The van der Waals surface area contributed by atoms with Crippen LogP contribution in [0.2, 0.25) is 0 Å². The molecule has 0 radical (unpaired) electrons. The van der Waals surface area contributed by atoms with E-state index in [2.05, 4.69) is 10.2 Å². The molecule has 0 aromatic heterocycles. The van der Waals surface area contributed by atoms with Gasteiger partial charge in [-0.15, -0.1) is 5.10 Å². The van der Waals surface area contributed by atoms with Gasteiger partial charge < -0.3 is 16.6 Å². The van der Waals surface area contributed by atoms with Gasteiger partial charge in [0.1, 0.15) is 5.75 Å². The van der Waals surface area contributed by atoms with Crippen molar-refractivity contribution in [1.82, 2.24) is 0 Å². The smallest absolute Gasteiger partial charge is 0.211 e. The first-order chi connectivity index (χ1) is 7.59. The number of aromatic hydroxyl groups is 1. The van der Waals surface area contributed by atoms with Crippen LogP contribution < -0.4 is 11.5 Å². The van der Waals surface area contributed by atoms with Gasteiger partial charge in [-0.25, -0.2) is 0 Å². The van der Waals surface area contributed by atoms with Crippen molar-refractivity contribution in [3.8, 4) is 5.75 Å². The fourth-order valence-electron chi connectivity index (χ4n) is 0.921. The van der Waals surface area contributed by atoms with Crippen LogP contribution in [0.4, 0.5) is 0 Å². The zero-order valence-electron chi connectivity index (χ0n) is 9.81. The van der Waals surface area contributed by atoms with Gasteiger partial charge in [-0.2, -0.15) is 5.10 Å². The van der Waals surface area contributed by atoms with Crippen LogP contribution in [0.3, 0.4) is 0 Å². The molecule has 5 heteroatoms. The van der Waals surface area contributed by atoms with Gasteiger partial charge in [0.15, 0.2) is 0 Å². The van der Waals surface area contributed by atoms with E-state index in [9.17, 15) is 5.11 Å². The number of nitrogens with two attached hydrogens (primary N) is 2. The van der Waals surface area contributed by atoms with E-state index in [0.29, 0.717) is 0 Å². The van der Waals surface area contributed by atoms with E-state index in [1.54, 1.807) is 25.1 Å². The molecule has 0 amide bonds. The summed E-state index contributed by atoms with van der Waals surface area (Å²) in [6, 6.07) is 5.08. The van der Waals surface area contributed by atoms with Gasteiger partial charge in [0.05, 0.1) is 6.21 Å². The lowest BCUT2D eigenvalue weighted by Gasteiger charge is -1.98. The Balaban J connectivity index is 0.00000106. The lowest BCUT2D eigenvalue weighted by molar-refractivity contribution is 0.471. The number of phenolic OH excluding ortho intramolecular Hbond substituents is 1. The molecule has 0 saturated heterocycles. The highest BCUT2D eigenvalue weighted by atomic mass is 16.3. The van der Waals surface area contributed by atoms with Crippen LogP contribution in [0.1, 0.15) is 25.0 Å². The first-order valence-electron chi connectivity index (χ1n) is 5.01. The minimum atomic E-state index is -0.0863. The molecule has 0 saturated carbocycles. The summed E-state index contributed by atoms with van der Waals surface area (Å²) in [5, 5.41) is 16.3. The second kappa shape index (κ2) is 7.28. The lowest BCUT2D eigenvalue weighted by atomic mass is 10.1. The predicted octanol–water partition coefficient (Wildman–Crippen LogP) is 1.33. The maximum absolute atomic E-state index is 9.25. The van der Waals surface area contributed by atoms with Crippen LogP contribution in [-0.4, -0.2) is 17.3 Å². The summed E-state index contributed by atoms with van der Waals surface area (Å²) in [6.45, 7) is 5.80. The predicted molar refractivity (Wildman–Crippen MR) is 67.6 cm³/mol. The van der Waals surface area contributed by atoms with Crippen molar-refractivity contribution in [1.29, 1.82) is 0 Å². The zero-order chi connectivity index (χ0) is 12.6. The van der Waals surface area contributed by atoms with Gasteiger partial charge in [0, 0.05) is 0 Å². The fourth-order valence-corrected chi connectivity index (χ4v) is 0.921. The molecular weight excluding hydrogens is 204 g/mol. The van der Waals surface area contributed by atoms with Crippen LogP contribution in [0, 0.1) is 6.92 Å². The van der Waals surface area contributed by atoms with Crippen molar-refractivity contribution in [2.45, 2.75) is 20.8 Å². The van der Waals surface area contributed by atoms with Gasteiger partial charge in [-0.05, 0) is 36.2 Å². The second-order valence-electron chi connectivity index (χ2n) is 2.82. The molecule has 0 atom stereocenters. The largest absolute Gasteiger partial charge is 0.508 e. The molecule has 88 valence electrons. The normalized spacial score (nSPS) is 9.44. The van der Waals surface area contributed by atoms with E-state index < -0.39 is 0 Å². The first kappa shape index (κ1) is 14.0. The number of guanidine groups is 1. The number of hydrogen-bond acceptors (Lipinski definition) is 3. The van der Waals surface area contributed by atoms with Gasteiger partial charge in [-0.3, -0.25) is 0 Å². The number of rotatable bonds is 2. The Labute approximate surface area is 95.5 Å². The maximum atomic E-state index is 9.25. The van der Waals surface area contributed by atoms with Crippen LogP contribution in [0.25, 0.3) is 0 Å².